The van der Waals surface area contributed by atoms with Crippen molar-refractivity contribution < 1.29 is 4.39 Å². The molecule has 0 aliphatic rings. The van der Waals surface area contributed by atoms with Crippen LogP contribution in [0.5, 0.6) is 0 Å². The highest BCUT2D eigenvalue weighted by Gasteiger charge is 2.01. The van der Waals surface area contributed by atoms with Gasteiger partial charge in [-0.15, -0.1) is 0 Å². The first-order valence-corrected chi connectivity index (χ1v) is 4.36. The van der Waals surface area contributed by atoms with Crippen molar-refractivity contribution in [2.75, 3.05) is 18.5 Å². The van der Waals surface area contributed by atoms with E-state index in [0.717, 1.165) is 11.5 Å². The van der Waals surface area contributed by atoms with Crippen molar-refractivity contribution >= 4 is 5.69 Å². The number of hydrogen-bond acceptors (Lipinski definition) is 3. The molecule has 1 N–H and O–H groups in total. The van der Waals surface area contributed by atoms with Crippen LogP contribution in [0.3, 0.4) is 0 Å². The second-order valence-electron chi connectivity index (χ2n) is 3.10. The van der Waals surface area contributed by atoms with Gasteiger partial charge in [0.1, 0.15) is 12.5 Å². The van der Waals surface area contributed by atoms with Crippen LogP contribution in [0, 0.1) is 0 Å². The van der Waals surface area contributed by atoms with Gasteiger partial charge in [-0.3, -0.25) is 0 Å². The average molecular weight is 183 g/mol. The van der Waals surface area contributed by atoms with Gasteiger partial charge in [-0.2, -0.15) is 0 Å². The van der Waals surface area contributed by atoms with Crippen LogP contribution in [-0.4, -0.2) is 23.2 Å². The molecule has 1 aromatic rings. The van der Waals surface area contributed by atoms with E-state index in [1.807, 2.05) is 13.8 Å². The molecule has 0 aliphatic carbocycles. The Balaban J connectivity index is 2.59. The Hall–Kier alpha value is -1.19. The molecule has 0 atom stereocenters. The minimum atomic E-state index is -0.383. The Labute approximate surface area is 77.4 Å². The quantitative estimate of drug-likeness (QED) is 0.775. The number of rotatable bonds is 4. The Morgan fingerprint density at radius 3 is 2.46 bits per heavy atom. The van der Waals surface area contributed by atoms with Crippen LogP contribution in [0.15, 0.2) is 12.4 Å². The average Bonchev–Trinajstić information content (AvgIpc) is 2.15. The van der Waals surface area contributed by atoms with Gasteiger partial charge in [-0.1, -0.05) is 13.8 Å². The van der Waals surface area contributed by atoms with E-state index in [4.69, 9.17) is 0 Å². The molecule has 0 amide bonds. The summed E-state index contributed by atoms with van der Waals surface area (Å²) in [6, 6.07) is 0. The fourth-order valence-corrected chi connectivity index (χ4v) is 0.919. The lowest BCUT2D eigenvalue weighted by Crippen LogP contribution is -2.05. The highest BCUT2D eigenvalue weighted by atomic mass is 19.1. The van der Waals surface area contributed by atoms with Crippen molar-refractivity contribution in [3.8, 4) is 0 Å². The minimum Gasteiger partial charge on any atom is -0.380 e. The van der Waals surface area contributed by atoms with Crippen molar-refractivity contribution in [3.05, 3.63) is 18.2 Å². The summed E-state index contributed by atoms with van der Waals surface area (Å²) in [5, 5.41) is 2.86. The van der Waals surface area contributed by atoms with Crippen molar-refractivity contribution in [1.29, 1.82) is 0 Å². The number of alkyl halides is 1. The van der Waals surface area contributed by atoms with E-state index in [-0.39, 0.29) is 6.67 Å². The Kier molecular flexibility index (Phi) is 3.61. The summed E-state index contributed by atoms with van der Waals surface area (Å²) in [7, 11) is 0. The highest BCUT2D eigenvalue weighted by Crippen LogP contribution is 2.09. The zero-order valence-electron chi connectivity index (χ0n) is 7.92. The number of nitrogens with zero attached hydrogens (tertiary/aromatic N) is 2. The van der Waals surface area contributed by atoms with E-state index >= 15 is 0 Å². The lowest BCUT2D eigenvalue weighted by molar-refractivity contribution is 0.512. The van der Waals surface area contributed by atoms with E-state index in [1.165, 1.54) is 0 Å². The van der Waals surface area contributed by atoms with Crippen molar-refractivity contribution in [1.82, 2.24) is 9.97 Å². The molecule has 13 heavy (non-hydrogen) atoms. The monoisotopic (exact) mass is 183 g/mol. The summed E-state index contributed by atoms with van der Waals surface area (Å²) < 4.78 is 11.8. The van der Waals surface area contributed by atoms with Gasteiger partial charge >= 0.3 is 0 Å². The first-order chi connectivity index (χ1) is 6.24. The molecule has 0 unspecified atom stereocenters. The van der Waals surface area contributed by atoms with E-state index in [9.17, 15) is 4.39 Å². The molecule has 4 heteroatoms. The van der Waals surface area contributed by atoms with Gasteiger partial charge in [-0.25, -0.2) is 14.4 Å². The van der Waals surface area contributed by atoms with Gasteiger partial charge < -0.3 is 5.32 Å². The first-order valence-electron chi connectivity index (χ1n) is 4.36. The number of hydrogen-bond donors (Lipinski definition) is 1. The van der Waals surface area contributed by atoms with Gasteiger partial charge in [0.25, 0.3) is 0 Å². The number of aromatic nitrogens is 2. The van der Waals surface area contributed by atoms with Crippen molar-refractivity contribution in [2.24, 2.45) is 0 Å². The summed E-state index contributed by atoms with van der Waals surface area (Å²) in [5.74, 6) is 1.14. The fourth-order valence-electron chi connectivity index (χ4n) is 0.919. The first kappa shape index (κ1) is 9.89. The molecule has 72 valence electrons. The normalized spacial score (nSPS) is 10.5. The summed E-state index contributed by atoms with van der Waals surface area (Å²) >= 11 is 0. The van der Waals surface area contributed by atoms with Crippen LogP contribution < -0.4 is 5.32 Å². The lowest BCUT2D eigenvalue weighted by atomic mass is 10.2. The topological polar surface area (TPSA) is 37.8 Å². The van der Waals surface area contributed by atoms with E-state index in [1.54, 1.807) is 12.4 Å². The molecule has 0 aliphatic heterocycles. The third-order valence-electron chi connectivity index (χ3n) is 1.61. The summed E-state index contributed by atoms with van der Waals surface area (Å²) in [4.78, 5) is 8.27. The van der Waals surface area contributed by atoms with Crippen LogP contribution in [0.4, 0.5) is 10.1 Å². The maximum atomic E-state index is 11.8. The standard InChI is InChI=1S/C9H14FN3/c1-7(2)9-12-5-8(6-13-9)11-4-3-10/h5-7,11H,3-4H2,1-2H3. The smallest absolute Gasteiger partial charge is 0.130 e. The molecule has 0 bridgehead atoms. The van der Waals surface area contributed by atoms with Crippen LogP contribution in [-0.2, 0) is 0 Å². The molecule has 0 saturated carbocycles. The molecule has 0 fully saturated rings. The van der Waals surface area contributed by atoms with E-state index < -0.39 is 0 Å². The number of nitrogens with one attached hydrogen (secondary N) is 1. The zero-order chi connectivity index (χ0) is 9.68. The van der Waals surface area contributed by atoms with Crippen LogP contribution in [0.2, 0.25) is 0 Å². The van der Waals surface area contributed by atoms with E-state index in [2.05, 4.69) is 15.3 Å². The third-order valence-corrected chi connectivity index (χ3v) is 1.61. The second kappa shape index (κ2) is 4.74. The predicted molar refractivity (Wildman–Crippen MR) is 50.6 cm³/mol. The summed E-state index contributed by atoms with van der Waals surface area (Å²) in [6.07, 6.45) is 3.36. The van der Waals surface area contributed by atoms with Gasteiger partial charge in [0.2, 0.25) is 0 Å². The Morgan fingerprint density at radius 2 is 2.00 bits per heavy atom. The molecular formula is C9H14FN3. The molecule has 1 rings (SSSR count). The number of halogens is 1. The van der Waals surface area contributed by atoms with Gasteiger partial charge in [0, 0.05) is 12.5 Å². The van der Waals surface area contributed by atoms with Crippen LogP contribution >= 0.6 is 0 Å². The molecule has 0 spiro atoms. The van der Waals surface area contributed by atoms with E-state index in [0.29, 0.717) is 12.5 Å². The maximum absolute atomic E-state index is 11.8. The second-order valence-corrected chi connectivity index (χ2v) is 3.10. The largest absolute Gasteiger partial charge is 0.380 e. The molecule has 0 aromatic carbocycles. The molecule has 3 nitrogen and oxygen atoms in total. The zero-order valence-corrected chi connectivity index (χ0v) is 7.92. The van der Waals surface area contributed by atoms with Gasteiger partial charge in [0.15, 0.2) is 0 Å². The summed E-state index contributed by atoms with van der Waals surface area (Å²) in [5.41, 5.74) is 0.766. The predicted octanol–water partition coefficient (Wildman–Crippen LogP) is 1.98. The number of anilines is 1. The molecule has 1 heterocycles. The minimum absolute atomic E-state index is 0.310. The van der Waals surface area contributed by atoms with Crippen LogP contribution in [0.25, 0.3) is 0 Å². The molecular weight excluding hydrogens is 169 g/mol. The lowest BCUT2D eigenvalue weighted by Gasteiger charge is -2.05. The molecule has 0 radical (unpaired) electrons. The Bertz CT molecular complexity index is 246. The van der Waals surface area contributed by atoms with Gasteiger partial charge in [0.05, 0.1) is 18.1 Å². The third kappa shape index (κ3) is 2.97. The maximum Gasteiger partial charge on any atom is 0.130 e. The van der Waals surface area contributed by atoms with Crippen molar-refractivity contribution in [2.45, 2.75) is 19.8 Å². The molecule has 1 aromatic heterocycles. The highest BCUT2D eigenvalue weighted by molar-refractivity contribution is 5.37. The van der Waals surface area contributed by atoms with Crippen molar-refractivity contribution in [3.63, 3.8) is 0 Å². The van der Waals surface area contributed by atoms with Crippen LogP contribution in [0.1, 0.15) is 25.6 Å². The Morgan fingerprint density at radius 1 is 1.38 bits per heavy atom. The summed E-state index contributed by atoms with van der Waals surface area (Å²) in [6.45, 7) is 3.99. The fraction of sp³-hybridized carbons (Fsp3) is 0.556. The molecule has 0 saturated heterocycles. The van der Waals surface area contributed by atoms with Gasteiger partial charge in [-0.05, 0) is 0 Å². The SMILES string of the molecule is CC(C)c1ncc(NCCF)cn1.